The van der Waals surface area contributed by atoms with E-state index in [9.17, 15) is 19.0 Å². The average Bonchev–Trinajstić information content (AvgIpc) is 3.48. The van der Waals surface area contributed by atoms with Crippen molar-refractivity contribution in [1.29, 1.82) is 0 Å². The van der Waals surface area contributed by atoms with E-state index in [-0.39, 0.29) is 24.9 Å². The SMILES string of the molecule is CC/C=C\C/C=C\C/C=C\C/C=C\C/C=C\CCCCCCCC(=O)OC(/C=C\CCCCCCCCCCCCC)C(COP(=O)([O-])OCC[N+](C)(C)C)NC(=O)CCCCCCCCCCCCCCCCC/C=C/CCCCCCCC. The molecule has 0 aliphatic rings. The van der Waals surface area contributed by atoms with Crippen LogP contribution in [0.5, 0.6) is 0 Å². The van der Waals surface area contributed by atoms with Crippen LogP contribution < -0.4 is 10.2 Å². The topological polar surface area (TPSA) is 114 Å². The standard InChI is InChI=1S/C75H137N2O7P/c1-7-10-13-16-19-22-25-28-30-32-34-36-37-38-39-41-42-44-46-49-52-55-58-61-64-67-74(78)76-72(71-83-85(80,81)82-70-69-77(4,5)6)73(66-63-60-57-54-51-48-27-24-21-18-15-12-9-3)84-75(79)68-65-62-59-56-53-50-47-45-43-40-35-33-31-29-26-23-20-17-14-11-8-2/h11,14,20,23,28-31,35,40,45,47,63,66,72-73H,7-10,12-13,15-19,21-22,24-27,32-34,36-39,41-44,46,48-62,64-65,67-71H2,1-6H3,(H-,76,78,80,81)/b14-11-,23-20-,30-28+,31-29-,40-35-,47-45-,66-63-. The van der Waals surface area contributed by atoms with Gasteiger partial charge in [0.1, 0.15) is 19.3 Å². The van der Waals surface area contributed by atoms with Crippen molar-refractivity contribution >= 4 is 19.7 Å². The number of carbonyl (C=O) groups is 2. The van der Waals surface area contributed by atoms with Gasteiger partial charge < -0.3 is 28.5 Å². The summed E-state index contributed by atoms with van der Waals surface area (Å²) in [4.78, 5) is 40.2. The maximum Gasteiger partial charge on any atom is 0.306 e. The van der Waals surface area contributed by atoms with Gasteiger partial charge in [0.15, 0.2) is 0 Å². The van der Waals surface area contributed by atoms with Crippen LogP contribution in [0.1, 0.15) is 329 Å². The number of esters is 1. The molecule has 0 saturated heterocycles. The molecule has 0 spiro atoms. The summed E-state index contributed by atoms with van der Waals surface area (Å²) >= 11 is 0. The number of unbranched alkanes of at least 4 members (excludes halogenated alkanes) is 37. The Bertz CT molecular complexity index is 1730. The first-order valence-electron chi connectivity index (χ1n) is 35.9. The van der Waals surface area contributed by atoms with Gasteiger partial charge in [-0.25, -0.2) is 0 Å². The molecular weight excluding hydrogens is 1070 g/mol. The number of hydrogen-bond acceptors (Lipinski definition) is 7. The number of phosphoric ester groups is 1. The second kappa shape index (κ2) is 64.2. The Labute approximate surface area is 526 Å². The Morgan fingerprint density at radius 3 is 1.14 bits per heavy atom. The van der Waals surface area contributed by atoms with E-state index in [1.165, 1.54) is 186 Å². The summed E-state index contributed by atoms with van der Waals surface area (Å²) in [7, 11) is 1.17. The molecule has 0 aliphatic carbocycles. The Kier molecular flexibility index (Phi) is 62.1. The molecule has 3 unspecified atom stereocenters. The second-order valence-electron chi connectivity index (χ2n) is 25.4. The molecule has 0 fully saturated rings. The van der Waals surface area contributed by atoms with Crippen molar-refractivity contribution in [1.82, 2.24) is 5.32 Å². The molecule has 1 amide bonds. The van der Waals surface area contributed by atoms with Crippen molar-refractivity contribution in [2.45, 2.75) is 341 Å². The van der Waals surface area contributed by atoms with E-state index >= 15 is 0 Å². The largest absolute Gasteiger partial charge is 0.756 e. The fraction of sp³-hybridized carbons (Fsp3) is 0.787. The molecule has 0 rings (SSSR count). The number of rotatable bonds is 65. The third kappa shape index (κ3) is 65.5. The molecular formula is C75H137N2O7P. The molecule has 0 aromatic rings. The van der Waals surface area contributed by atoms with E-state index in [1.807, 2.05) is 33.3 Å². The normalized spacial score (nSPS) is 14.0. The van der Waals surface area contributed by atoms with Crippen molar-refractivity contribution in [2.75, 3.05) is 40.9 Å². The summed E-state index contributed by atoms with van der Waals surface area (Å²) in [6.07, 6.45) is 85.6. The molecule has 0 heterocycles. The first-order valence-corrected chi connectivity index (χ1v) is 37.4. The molecule has 10 heteroatoms. The van der Waals surface area contributed by atoms with Crippen LogP contribution in [0, 0.1) is 0 Å². The lowest BCUT2D eigenvalue weighted by atomic mass is 10.0. The molecule has 0 bridgehead atoms. The predicted octanol–water partition coefficient (Wildman–Crippen LogP) is 22.3. The van der Waals surface area contributed by atoms with Gasteiger partial charge in [0.05, 0.1) is 33.8 Å². The van der Waals surface area contributed by atoms with E-state index in [2.05, 4.69) is 99.0 Å². The van der Waals surface area contributed by atoms with Gasteiger partial charge in [-0.05, 0) is 102 Å². The van der Waals surface area contributed by atoms with Crippen molar-refractivity contribution in [3.05, 3.63) is 85.1 Å². The molecule has 0 aromatic heterocycles. The Balaban J connectivity index is 5.12. The van der Waals surface area contributed by atoms with Gasteiger partial charge in [-0.1, -0.05) is 299 Å². The highest BCUT2D eigenvalue weighted by atomic mass is 31.2. The van der Waals surface area contributed by atoms with Gasteiger partial charge in [0.2, 0.25) is 5.91 Å². The van der Waals surface area contributed by atoms with Crippen LogP contribution in [0.2, 0.25) is 0 Å². The highest BCUT2D eigenvalue weighted by molar-refractivity contribution is 7.45. The molecule has 9 nitrogen and oxygen atoms in total. The van der Waals surface area contributed by atoms with E-state index < -0.39 is 26.6 Å². The van der Waals surface area contributed by atoms with Crippen molar-refractivity contribution in [3.63, 3.8) is 0 Å². The highest BCUT2D eigenvalue weighted by Crippen LogP contribution is 2.38. The zero-order chi connectivity index (χ0) is 62.1. The van der Waals surface area contributed by atoms with Gasteiger partial charge in [-0.15, -0.1) is 0 Å². The molecule has 85 heavy (non-hydrogen) atoms. The number of hydrogen-bond donors (Lipinski definition) is 1. The Morgan fingerprint density at radius 2 is 0.753 bits per heavy atom. The van der Waals surface area contributed by atoms with E-state index in [1.54, 1.807) is 0 Å². The van der Waals surface area contributed by atoms with Gasteiger partial charge in [0, 0.05) is 12.8 Å². The summed E-state index contributed by atoms with van der Waals surface area (Å²) in [6.45, 7) is 6.75. The van der Waals surface area contributed by atoms with Gasteiger partial charge in [-0.2, -0.15) is 0 Å². The van der Waals surface area contributed by atoms with Crippen LogP contribution in [0.15, 0.2) is 85.1 Å². The maximum absolute atomic E-state index is 13.6. The minimum atomic E-state index is -4.71. The van der Waals surface area contributed by atoms with Gasteiger partial charge in [-0.3, -0.25) is 14.2 Å². The van der Waals surface area contributed by atoms with E-state index in [0.29, 0.717) is 23.9 Å². The number of likely N-dealkylation sites (N-methyl/N-ethyl adjacent to an activating group) is 1. The number of amides is 1. The molecule has 0 saturated carbocycles. The zero-order valence-corrected chi connectivity index (χ0v) is 57.4. The number of allylic oxidation sites excluding steroid dienone is 13. The molecule has 0 aliphatic heterocycles. The highest BCUT2D eigenvalue weighted by Gasteiger charge is 2.27. The van der Waals surface area contributed by atoms with Crippen LogP contribution in [0.3, 0.4) is 0 Å². The lowest BCUT2D eigenvalue weighted by molar-refractivity contribution is -0.870. The summed E-state index contributed by atoms with van der Waals surface area (Å²) in [6, 6.07) is -0.901. The van der Waals surface area contributed by atoms with Gasteiger partial charge >= 0.3 is 5.97 Å². The predicted molar refractivity (Wildman–Crippen MR) is 367 cm³/mol. The average molecular weight is 1210 g/mol. The van der Waals surface area contributed by atoms with Crippen LogP contribution in [-0.2, 0) is 27.9 Å². The van der Waals surface area contributed by atoms with Crippen LogP contribution in [0.4, 0.5) is 0 Å². The third-order valence-corrected chi connectivity index (χ3v) is 16.8. The number of quaternary nitrogens is 1. The minimum Gasteiger partial charge on any atom is -0.756 e. The van der Waals surface area contributed by atoms with E-state index in [0.717, 1.165) is 103 Å². The lowest BCUT2D eigenvalue weighted by Crippen LogP contribution is -2.47. The number of nitrogens with one attached hydrogen (secondary N) is 1. The molecule has 1 N–H and O–H groups in total. The van der Waals surface area contributed by atoms with E-state index in [4.69, 9.17) is 13.8 Å². The number of carbonyl (C=O) groups excluding carboxylic acids is 2. The number of phosphoric acid groups is 1. The minimum absolute atomic E-state index is 0.0277. The smallest absolute Gasteiger partial charge is 0.306 e. The third-order valence-electron chi connectivity index (χ3n) is 15.8. The summed E-state index contributed by atoms with van der Waals surface area (Å²) in [5, 5.41) is 3.04. The van der Waals surface area contributed by atoms with Crippen molar-refractivity contribution in [2.24, 2.45) is 0 Å². The molecule has 494 valence electrons. The lowest BCUT2D eigenvalue weighted by Gasteiger charge is -2.30. The van der Waals surface area contributed by atoms with Crippen LogP contribution >= 0.6 is 7.82 Å². The summed E-state index contributed by atoms with van der Waals surface area (Å²) < 4.78 is 30.5. The fourth-order valence-electron chi connectivity index (χ4n) is 10.3. The summed E-state index contributed by atoms with van der Waals surface area (Å²) in [5.41, 5.74) is 0. The van der Waals surface area contributed by atoms with Gasteiger partial charge in [0.25, 0.3) is 7.82 Å². The number of ether oxygens (including phenoxy) is 1. The molecule has 0 aromatic carbocycles. The van der Waals surface area contributed by atoms with Crippen molar-refractivity contribution in [3.8, 4) is 0 Å². The Hall–Kier alpha value is -2.81. The zero-order valence-electron chi connectivity index (χ0n) is 56.6. The summed E-state index contributed by atoms with van der Waals surface area (Å²) in [5.74, 6) is -0.554. The maximum atomic E-state index is 13.6. The van der Waals surface area contributed by atoms with Crippen molar-refractivity contribution < 1.29 is 37.3 Å². The second-order valence-corrected chi connectivity index (χ2v) is 26.8. The first-order chi connectivity index (χ1) is 41.4. The quantitative estimate of drug-likeness (QED) is 0.0212. The monoisotopic (exact) mass is 1210 g/mol. The first kappa shape index (κ1) is 82.2. The fourth-order valence-corrected chi connectivity index (χ4v) is 11.0. The Morgan fingerprint density at radius 1 is 0.424 bits per heavy atom. The molecule has 0 radical (unpaired) electrons. The number of nitrogens with zero attached hydrogens (tertiary/aromatic N) is 1. The van der Waals surface area contributed by atoms with Crippen LogP contribution in [0.25, 0.3) is 0 Å². The molecule has 3 atom stereocenters. The van der Waals surface area contributed by atoms with Crippen LogP contribution in [-0.4, -0.2) is 69.4 Å².